The van der Waals surface area contributed by atoms with Gasteiger partial charge in [0.15, 0.2) is 11.4 Å². The van der Waals surface area contributed by atoms with Gasteiger partial charge in [-0.05, 0) is 60.0 Å². The van der Waals surface area contributed by atoms with E-state index in [0.717, 1.165) is 60.5 Å². The van der Waals surface area contributed by atoms with Crippen molar-refractivity contribution in [3.63, 3.8) is 0 Å². The average Bonchev–Trinajstić information content (AvgIpc) is 3.79. The summed E-state index contributed by atoms with van der Waals surface area (Å²) in [5, 5.41) is 33.8. The van der Waals surface area contributed by atoms with Gasteiger partial charge < -0.3 is 16.2 Å². The van der Waals surface area contributed by atoms with Crippen molar-refractivity contribution in [2.45, 2.75) is 6.92 Å². The predicted molar refractivity (Wildman–Crippen MR) is 185 cm³/mol. The van der Waals surface area contributed by atoms with Crippen molar-refractivity contribution in [2.75, 3.05) is 12.8 Å². The van der Waals surface area contributed by atoms with Crippen LogP contribution in [-0.4, -0.2) is 59.7 Å². The van der Waals surface area contributed by atoms with E-state index in [1.165, 1.54) is 0 Å². The number of anilines is 1. The number of hydrogen-bond donors (Lipinski definition) is 6. The highest BCUT2D eigenvalue weighted by Gasteiger charge is 2.19. The molecule has 9 N–H and O–H groups in total. The molecule has 4 aromatic carbocycles. The summed E-state index contributed by atoms with van der Waals surface area (Å²) in [6.45, 7) is 2.05. The molecule has 8 rings (SSSR count). The number of aryl methyl sites for hydroxylation is 1. The Morgan fingerprint density at radius 1 is 0.796 bits per heavy atom. The second-order valence-corrected chi connectivity index (χ2v) is 11.1. The minimum Gasteiger partial charge on any atom is -0.496 e. The molecule has 4 aromatic heterocycles. The number of H-pyrrole nitrogens is 2. The van der Waals surface area contributed by atoms with E-state index in [-0.39, 0.29) is 17.1 Å². The molecule has 8 aromatic rings. The minimum atomic E-state index is -0.719. The van der Waals surface area contributed by atoms with Crippen molar-refractivity contribution in [3.05, 3.63) is 96.1 Å². The van der Waals surface area contributed by atoms with E-state index in [1.54, 1.807) is 37.7 Å². The number of aromatic nitrogens is 8. The lowest BCUT2D eigenvalue weighted by Gasteiger charge is -2.13. The maximum atomic E-state index is 11.6. The van der Waals surface area contributed by atoms with E-state index in [4.69, 9.17) is 22.0 Å². The minimum absolute atomic E-state index is 0.0485. The molecule has 15 heteroatoms. The Labute approximate surface area is 276 Å². The van der Waals surface area contributed by atoms with Crippen molar-refractivity contribution in [2.24, 2.45) is 11.6 Å². The van der Waals surface area contributed by atoms with Crippen molar-refractivity contribution in [1.82, 2.24) is 46.2 Å². The number of nitrogen functional groups attached to an aromatic ring is 2. The standard InChI is InChI=1S/C17H14N6O2.C17H14N6O/c1-25-12-5-4-10-14(18)16(17(19)24)23-22-15(10)13(12)8-2-3-9-7-20-21-11(9)6-8;1-9-5-11-8-19-21-14(11)7-13(9)12-4-2-3-10-6-15(17(24)20-18)22-23-16(10)12/h2-7H,1H3,(H2,18,22)(H2,19,24)(H,20,21);2-8H,18H2,1H3,(H,19,21)(H,20,24). The molecular formula is C34H28N12O3. The number of nitrogens with one attached hydrogen (secondary N) is 3. The quantitative estimate of drug-likeness (QED) is 0.0883. The number of fused-ring (bicyclic) bond motifs is 4. The van der Waals surface area contributed by atoms with Crippen LogP contribution in [0.25, 0.3) is 65.9 Å². The van der Waals surface area contributed by atoms with Gasteiger partial charge >= 0.3 is 0 Å². The number of hydrazine groups is 1. The van der Waals surface area contributed by atoms with Gasteiger partial charge in [0.1, 0.15) is 16.8 Å². The smallest absolute Gasteiger partial charge is 0.285 e. The van der Waals surface area contributed by atoms with E-state index < -0.39 is 11.8 Å². The van der Waals surface area contributed by atoms with Crippen LogP contribution < -0.4 is 27.5 Å². The third-order valence-electron chi connectivity index (χ3n) is 8.18. The molecule has 2 amide bonds. The van der Waals surface area contributed by atoms with Gasteiger partial charge in [-0.25, -0.2) is 5.84 Å². The molecule has 0 radical (unpaired) electrons. The molecular weight excluding hydrogens is 624 g/mol. The van der Waals surface area contributed by atoms with Crippen LogP contribution in [0, 0.1) is 6.92 Å². The first kappa shape index (κ1) is 30.6. The second-order valence-electron chi connectivity index (χ2n) is 11.1. The summed E-state index contributed by atoms with van der Waals surface area (Å²) >= 11 is 0. The fourth-order valence-electron chi connectivity index (χ4n) is 5.77. The molecule has 0 saturated heterocycles. The van der Waals surface area contributed by atoms with Crippen molar-refractivity contribution >= 4 is 61.1 Å². The molecule has 15 nitrogen and oxygen atoms in total. The largest absolute Gasteiger partial charge is 0.496 e. The van der Waals surface area contributed by atoms with Gasteiger partial charge in [0.2, 0.25) is 0 Å². The molecule has 0 bridgehead atoms. The number of nitrogens with two attached hydrogens (primary N) is 3. The molecule has 4 heterocycles. The number of hydrogen-bond acceptors (Lipinski definition) is 11. The van der Waals surface area contributed by atoms with Crippen LogP contribution in [0.1, 0.15) is 26.5 Å². The Morgan fingerprint density at radius 3 is 2.31 bits per heavy atom. The molecule has 0 aliphatic rings. The molecule has 0 aliphatic heterocycles. The Bertz CT molecular complexity index is 2580. The number of carbonyl (C=O) groups excluding carboxylic acids is 2. The van der Waals surface area contributed by atoms with Gasteiger partial charge in [-0.3, -0.25) is 25.2 Å². The predicted octanol–water partition coefficient (Wildman–Crippen LogP) is 3.95. The number of amides is 2. The molecule has 242 valence electrons. The first-order chi connectivity index (χ1) is 23.8. The van der Waals surface area contributed by atoms with Gasteiger partial charge in [0.25, 0.3) is 11.8 Å². The van der Waals surface area contributed by atoms with E-state index in [1.807, 2.05) is 43.3 Å². The SMILES string of the molecule is COc1ccc2c(N)c(C(N)=O)nnc2c1-c1ccc2cn[nH]c2c1.Cc1cc2cn[nH]c2cc1-c1cccc2cc(C(=O)NN)nnc12. The zero-order valence-corrected chi connectivity index (χ0v) is 26.1. The first-order valence-electron chi connectivity index (χ1n) is 14.8. The van der Waals surface area contributed by atoms with Crippen LogP contribution in [0.2, 0.25) is 0 Å². The van der Waals surface area contributed by atoms with Crippen LogP contribution in [0.15, 0.2) is 79.1 Å². The lowest BCUT2D eigenvalue weighted by Crippen LogP contribution is -2.30. The third kappa shape index (κ3) is 5.45. The molecule has 0 atom stereocenters. The summed E-state index contributed by atoms with van der Waals surface area (Å²) in [6.07, 6.45) is 3.54. The number of methoxy groups -OCH3 is 1. The van der Waals surface area contributed by atoms with E-state index in [2.05, 4.69) is 58.3 Å². The van der Waals surface area contributed by atoms with E-state index >= 15 is 0 Å². The molecule has 0 unspecified atom stereocenters. The van der Waals surface area contributed by atoms with E-state index in [9.17, 15) is 9.59 Å². The van der Waals surface area contributed by atoms with Gasteiger partial charge in [0, 0.05) is 27.1 Å². The maximum absolute atomic E-state index is 11.6. The number of primary amides is 1. The highest BCUT2D eigenvalue weighted by atomic mass is 16.5. The Kier molecular flexibility index (Phi) is 7.70. The molecule has 49 heavy (non-hydrogen) atoms. The lowest BCUT2D eigenvalue weighted by molar-refractivity contribution is 0.0946. The molecule has 0 aliphatic carbocycles. The number of carbonyl (C=O) groups is 2. The Morgan fingerprint density at radius 2 is 1.55 bits per heavy atom. The number of aromatic amines is 2. The number of rotatable bonds is 5. The summed E-state index contributed by atoms with van der Waals surface area (Å²) in [5.41, 5.74) is 21.6. The third-order valence-corrected chi connectivity index (χ3v) is 8.18. The fraction of sp³-hybridized carbons (Fsp3) is 0.0588. The summed E-state index contributed by atoms with van der Waals surface area (Å²) in [4.78, 5) is 23.1. The summed E-state index contributed by atoms with van der Waals surface area (Å²) in [5.74, 6) is 4.59. The Hall–Kier alpha value is -7.00. The summed E-state index contributed by atoms with van der Waals surface area (Å²) in [6, 6.07) is 21.0. The van der Waals surface area contributed by atoms with Crippen LogP contribution in [0.3, 0.4) is 0 Å². The number of ether oxygens (including phenoxy) is 1. The van der Waals surface area contributed by atoms with Crippen LogP contribution >= 0.6 is 0 Å². The second kappa shape index (κ2) is 12.3. The van der Waals surface area contributed by atoms with Crippen LogP contribution in [0.5, 0.6) is 5.75 Å². The van der Waals surface area contributed by atoms with Gasteiger partial charge in [-0.2, -0.15) is 10.2 Å². The van der Waals surface area contributed by atoms with E-state index in [0.29, 0.717) is 16.7 Å². The van der Waals surface area contributed by atoms with Gasteiger partial charge in [-0.1, -0.05) is 30.3 Å². The van der Waals surface area contributed by atoms with Gasteiger partial charge in [-0.15, -0.1) is 20.4 Å². The number of benzene rings is 4. The molecule has 0 spiro atoms. The first-order valence-corrected chi connectivity index (χ1v) is 14.8. The Balaban J connectivity index is 0.000000154. The normalized spacial score (nSPS) is 11.1. The number of nitrogens with zero attached hydrogens (tertiary/aromatic N) is 6. The average molecular weight is 653 g/mol. The van der Waals surface area contributed by atoms with Crippen LogP contribution in [-0.2, 0) is 0 Å². The monoisotopic (exact) mass is 652 g/mol. The molecule has 0 fully saturated rings. The zero-order valence-electron chi connectivity index (χ0n) is 26.1. The topological polar surface area (TPSA) is 242 Å². The maximum Gasteiger partial charge on any atom is 0.285 e. The van der Waals surface area contributed by atoms with Crippen LogP contribution in [0.4, 0.5) is 5.69 Å². The molecule has 0 saturated carbocycles. The van der Waals surface area contributed by atoms with Crippen molar-refractivity contribution < 1.29 is 14.3 Å². The lowest BCUT2D eigenvalue weighted by atomic mass is 9.97. The van der Waals surface area contributed by atoms with Gasteiger partial charge in [0.05, 0.1) is 41.8 Å². The van der Waals surface area contributed by atoms with Crippen molar-refractivity contribution in [1.29, 1.82) is 0 Å². The zero-order chi connectivity index (χ0) is 34.2. The van der Waals surface area contributed by atoms with Crippen molar-refractivity contribution in [3.8, 4) is 28.0 Å². The highest BCUT2D eigenvalue weighted by Crippen LogP contribution is 2.39. The summed E-state index contributed by atoms with van der Waals surface area (Å²) in [7, 11) is 1.58. The highest BCUT2D eigenvalue weighted by molar-refractivity contribution is 6.08. The summed E-state index contributed by atoms with van der Waals surface area (Å²) < 4.78 is 5.49. The fourth-order valence-corrected chi connectivity index (χ4v) is 5.77.